The number of anilines is 2. The van der Waals surface area contributed by atoms with E-state index < -0.39 is 0 Å². The number of carbonyl (C=O) groups excluding carboxylic acids is 1. The molecule has 0 unspecified atom stereocenters. The summed E-state index contributed by atoms with van der Waals surface area (Å²) in [4.78, 5) is 14.2. The summed E-state index contributed by atoms with van der Waals surface area (Å²) in [7, 11) is 0. The lowest BCUT2D eigenvalue weighted by Crippen LogP contribution is -2.47. The fourth-order valence-electron chi connectivity index (χ4n) is 2.96. The van der Waals surface area contributed by atoms with Gasteiger partial charge in [0.15, 0.2) is 0 Å². The Hall–Kier alpha value is -1.51. The summed E-state index contributed by atoms with van der Waals surface area (Å²) in [6.45, 7) is 0.438. The Morgan fingerprint density at radius 1 is 1.12 bits per heavy atom. The Balaban J connectivity index is 1.94. The van der Waals surface area contributed by atoms with Crippen LogP contribution in [-0.4, -0.2) is 18.5 Å². The zero-order valence-electron chi connectivity index (χ0n) is 9.98. The van der Waals surface area contributed by atoms with Gasteiger partial charge in [0, 0.05) is 6.04 Å². The van der Waals surface area contributed by atoms with Gasteiger partial charge in [-0.05, 0) is 25.0 Å². The topological polar surface area (TPSA) is 32.3 Å². The molecule has 2 aliphatic rings. The normalized spacial score (nSPS) is 20.9. The van der Waals surface area contributed by atoms with Crippen molar-refractivity contribution in [1.29, 1.82) is 0 Å². The van der Waals surface area contributed by atoms with E-state index in [1.165, 1.54) is 19.3 Å². The summed E-state index contributed by atoms with van der Waals surface area (Å²) in [5, 5.41) is 3.19. The van der Waals surface area contributed by atoms with Gasteiger partial charge in [-0.3, -0.25) is 4.79 Å². The standard InChI is InChI=1S/C14H18N2O/c17-14-10-15-12-8-4-5-9-13(12)16(14)11-6-2-1-3-7-11/h4-5,8-9,11,15H,1-3,6-7,10H2. The van der Waals surface area contributed by atoms with Crippen molar-refractivity contribution < 1.29 is 4.79 Å². The zero-order valence-corrected chi connectivity index (χ0v) is 9.98. The Bertz CT molecular complexity index is 424. The van der Waals surface area contributed by atoms with Crippen molar-refractivity contribution in [2.24, 2.45) is 0 Å². The lowest BCUT2D eigenvalue weighted by Gasteiger charge is -2.38. The molecule has 90 valence electrons. The van der Waals surface area contributed by atoms with E-state index in [2.05, 4.69) is 11.4 Å². The smallest absolute Gasteiger partial charge is 0.246 e. The number of carbonyl (C=O) groups is 1. The van der Waals surface area contributed by atoms with Gasteiger partial charge in [-0.25, -0.2) is 0 Å². The largest absolute Gasteiger partial charge is 0.374 e. The third-order valence-electron chi connectivity index (χ3n) is 3.80. The average Bonchev–Trinajstić information content (AvgIpc) is 2.39. The number of nitrogens with zero attached hydrogens (tertiary/aromatic N) is 1. The maximum absolute atomic E-state index is 12.1. The molecule has 1 aliphatic carbocycles. The molecular weight excluding hydrogens is 212 g/mol. The molecule has 0 bridgehead atoms. The van der Waals surface area contributed by atoms with Crippen molar-refractivity contribution in [3.05, 3.63) is 24.3 Å². The van der Waals surface area contributed by atoms with Gasteiger partial charge in [0.05, 0.1) is 17.9 Å². The molecule has 1 fully saturated rings. The van der Waals surface area contributed by atoms with Gasteiger partial charge in [0.1, 0.15) is 0 Å². The quantitative estimate of drug-likeness (QED) is 0.804. The van der Waals surface area contributed by atoms with Crippen LogP contribution in [0.25, 0.3) is 0 Å². The lowest BCUT2D eigenvalue weighted by molar-refractivity contribution is -0.117. The van der Waals surface area contributed by atoms with Gasteiger partial charge < -0.3 is 10.2 Å². The molecule has 0 saturated heterocycles. The first-order valence-corrected chi connectivity index (χ1v) is 6.51. The van der Waals surface area contributed by atoms with Crippen molar-refractivity contribution in [3.8, 4) is 0 Å². The summed E-state index contributed by atoms with van der Waals surface area (Å²) in [6.07, 6.45) is 6.13. The molecule has 17 heavy (non-hydrogen) atoms. The Morgan fingerprint density at radius 2 is 1.88 bits per heavy atom. The van der Waals surface area contributed by atoms with E-state index in [1.54, 1.807) is 0 Å². The minimum atomic E-state index is 0.218. The first-order chi connectivity index (χ1) is 8.36. The number of benzene rings is 1. The second-order valence-corrected chi connectivity index (χ2v) is 4.93. The summed E-state index contributed by atoms with van der Waals surface area (Å²) < 4.78 is 0. The molecule has 1 amide bonds. The predicted molar refractivity (Wildman–Crippen MR) is 69.3 cm³/mol. The molecule has 0 spiro atoms. The van der Waals surface area contributed by atoms with E-state index in [9.17, 15) is 4.79 Å². The third kappa shape index (κ3) is 1.90. The first kappa shape index (κ1) is 10.6. The summed E-state index contributed by atoms with van der Waals surface area (Å²) in [5.74, 6) is 0.218. The van der Waals surface area contributed by atoms with E-state index in [1.807, 2.05) is 23.1 Å². The van der Waals surface area contributed by atoms with Gasteiger partial charge in [0.25, 0.3) is 0 Å². The van der Waals surface area contributed by atoms with Crippen LogP contribution in [0.5, 0.6) is 0 Å². The van der Waals surface area contributed by atoms with E-state index in [0.717, 1.165) is 24.2 Å². The molecule has 1 aliphatic heterocycles. The van der Waals surface area contributed by atoms with Crippen LogP contribution in [0.3, 0.4) is 0 Å². The molecule has 3 rings (SSSR count). The number of rotatable bonds is 1. The maximum Gasteiger partial charge on any atom is 0.246 e. The molecule has 1 aromatic carbocycles. The molecule has 3 heteroatoms. The molecule has 1 N–H and O–H groups in total. The van der Waals surface area contributed by atoms with Gasteiger partial charge in [-0.15, -0.1) is 0 Å². The van der Waals surface area contributed by atoms with Crippen molar-refractivity contribution >= 4 is 17.3 Å². The lowest BCUT2D eigenvalue weighted by atomic mass is 9.93. The SMILES string of the molecule is O=C1CNc2ccccc2N1C1CCCCC1. The minimum absolute atomic E-state index is 0.218. The Kier molecular flexibility index (Phi) is 2.75. The highest BCUT2D eigenvalue weighted by Gasteiger charge is 2.30. The van der Waals surface area contributed by atoms with Crippen LogP contribution in [-0.2, 0) is 4.79 Å². The highest BCUT2D eigenvalue weighted by Crippen LogP contribution is 2.34. The fourth-order valence-corrected chi connectivity index (χ4v) is 2.96. The van der Waals surface area contributed by atoms with Crippen molar-refractivity contribution in [2.75, 3.05) is 16.8 Å². The Morgan fingerprint density at radius 3 is 2.71 bits per heavy atom. The third-order valence-corrected chi connectivity index (χ3v) is 3.80. The molecule has 0 atom stereocenters. The van der Waals surface area contributed by atoms with Crippen molar-refractivity contribution in [2.45, 2.75) is 38.1 Å². The fraction of sp³-hybridized carbons (Fsp3) is 0.500. The number of fused-ring (bicyclic) bond motifs is 1. The van der Waals surface area contributed by atoms with Gasteiger partial charge >= 0.3 is 0 Å². The molecule has 0 aromatic heterocycles. The number of hydrogen-bond donors (Lipinski definition) is 1. The molecule has 1 aromatic rings. The highest BCUT2D eigenvalue weighted by molar-refractivity contribution is 6.03. The first-order valence-electron chi connectivity index (χ1n) is 6.51. The second kappa shape index (κ2) is 4.40. The van der Waals surface area contributed by atoms with Crippen molar-refractivity contribution in [1.82, 2.24) is 0 Å². The van der Waals surface area contributed by atoms with E-state index in [4.69, 9.17) is 0 Å². The molecular formula is C14H18N2O. The van der Waals surface area contributed by atoms with Crippen molar-refractivity contribution in [3.63, 3.8) is 0 Å². The molecule has 1 heterocycles. The summed E-state index contributed by atoms with van der Waals surface area (Å²) in [6, 6.07) is 8.54. The molecule has 3 nitrogen and oxygen atoms in total. The van der Waals surface area contributed by atoms with Crippen LogP contribution >= 0.6 is 0 Å². The number of nitrogens with one attached hydrogen (secondary N) is 1. The van der Waals surface area contributed by atoms with Crippen LogP contribution in [0.1, 0.15) is 32.1 Å². The van der Waals surface area contributed by atoms with Crippen LogP contribution in [0.4, 0.5) is 11.4 Å². The zero-order chi connectivity index (χ0) is 11.7. The van der Waals surface area contributed by atoms with E-state index in [-0.39, 0.29) is 5.91 Å². The van der Waals surface area contributed by atoms with Crippen LogP contribution in [0.15, 0.2) is 24.3 Å². The maximum atomic E-state index is 12.1. The number of para-hydroxylation sites is 2. The Labute approximate surface area is 102 Å². The van der Waals surface area contributed by atoms with Gasteiger partial charge in [-0.2, -0.15) is 0 Å². The molecule has 1 saturated carbocycles. The number of hydrogen-bond acceptors (Lipinski definition) is 2. The van der Waals surface area contributed by atoms with Gasteiger partial charge in [-0.1, -0.05) is 31.4 Å². The minimum Gasteiger partial charge on any atom is -0.374 e. The molecule has 0 radical (unpaired) electrons. The highest BCUT2D eigenvalue weighted by atomic mass is 16.2. The average molecular weight is 230 g/mol. The van der Waals surface area contributed by atoms with Crippen LogP contribution in [0, 0.1) is 0 Å². The summed E-state index contributed by atoms with van der Waals surface area (Å²) in [5.41, 5.74) is 2.16. The van der Waals surface area contributed by atoms with Gasteiger partial charge in [0.2, 0.25) is 5.91 Å². The monoisotopic (exact) mass is 230 g/mol. The van der Waals surface area contributed by atoms with Crippen LogP contribution < -0.4 is 10.2 Å². The van der Waals surface area contributed by atoms with E-state index >= 15 is 0 Å². The van der Waals surface area contributed by atoms with E-state index in [0.29, 0.717) is 12.6 Å². The number of amides is 1. The predicted octanol–water partition coefficient (Wildman–Crippen LogP) is 2.78. The van der Waals surface area contributed by atoms with Crippen LogP contribution in [0.2, 0.25) is 0 Å². The summed E-state index contributed by atoms with van der Waals surface area (Å²) >= 11 is 0. The second-order valence-electron chi connectivity index (χ2n) is 4.93.